The van der Waals surface area contributed by atoms with Crippen molar-refractivity contribution in [2.45, 2.75) is 187 Å². The highest BCUT2D eigenvalue weighted by Gasteiger charge is 2.52. The zero-order chi connectivity index (χ0) is 35.8. The van der Waals surface area contributed by atoms with Gasteiger partial charge in [-0.3, -0.25) is 9.59 Å². The monoisotopic (exact) mass is 728 g/mol. The average molecular weight is 728 g/mol. The van der Waals surface area contributed by atoms with E-state index in [4.69, 9.17) is 4.74 Å². The zero-order valence-corrected chi connectivity index (χ0v) is 34.8. The fourth-order valence-corrected chi connectivity index (χ4v) is 9.11. The highest BCUT2D eigenvalue weighted by molar-refractivity contribution is 8.76. The summed E-state index contributed by atoms with van der Waals surface area (Å²) in [6.07, 6.45) is 30.6. The SMILES string of the molecule is CCCCCCCCSSCCCCCCCC(=O)N(CCCN(C)C)C1(C(=O)NCC(CCCCCC)CCCCCCCC)COC1. The van der Waals surface area contributed by atoms with E-state index in [0.717, 1.165) is 32.4 Å². The maximum atomic E-state index is 13.9. The van der Waals surface area contributed by atoms with Gasteiger partial charge in [0, 0.05) is 31.0 Å². The van der Waals surface area contributed by atoms with Crippen LogP contribution in [0.4, 0.5) is 0 Å². The Labute approximate surface area is 312 Å². The van der Waals surface area contributed by atoms with E-state index in [-0.39, 0.29) is 11.8 Å². The first-order valence-electron chi connectivity index (χ1n) is 21.0. The van der Waals surface area contributed by atoms with Crippen molar-refractivity contribution in [3.63, 3.8) is 0 Å². The smallest absolute Gasteiger partial charge is 0.250 e. The van der Waals surface area contributed by atoms with Crippen LogP contribution in [-0.2, 0) is 14.3 Å². The Kier molecular flexibility index (Phi) is 30.6. The highest BCUT2D eigenvalue weighted by Crippen LogP contribution is 2.29. The van der Waals surface area contributed by atoms with E-state index in [1.54, 1.807) is 0 Å². The molecule has 1 heterocycles. The van der Waals surface area contributed by atoms with Gasteiger partial charge in [-0.25, -0.2) is 0 Å². The molecule has 2 amide bonds. The van der Waals surface area contributed by atoms with Crippen molar-refractivity contribution in [2.24, 2.45) is 5.92 Å². The third-order valence-corrected chi connectivity index (χ3v) is 12.8. The van der Waals surface area contributed by atoms with Crippen molar-refractivity contribution in [3.8, 4) is 0 Å². The second-order valence-corrected chi connectivity index (χ2v) is 17.8. The lowest BCUT2D eigenvalue weighted by Gasteiger charge is -2.48. The van der Waals surface area contributed by atoms with Gasteiger partial charge in [0.1, 0.15) is 0 Å². The van der Waals surface area contributed by atoms with E-state index in [0.29, 0.717) is 32.1 Å². The molecule has 1 saturated heterocycles. The standard InChI is InChI=1S/C41H81N3O3S2/c1-6-9-12-15-18-23-29-38(28-22-14-11-8-3)35-42-40(46)41(36-47-37-41)44(32-27-31-43(4)5)39(45)30-24-19-17-21-26-34-49-48-33-25-20-16-13-10-7-2/h38H,6-37H2,1-5H3,(H,42,46). The van der Waals surface area contributed by atoms with Crippen molar-refractivity contribution in [1.29, 1.82) is 0 Å². The fraction of sp³-hybridized carbons (Fsp3) is 0.951. The Hall–Kier alpha value is -0.440. The second kappa shape index (κ2) is 32.2. The van der Waals surface area contributed by atoms with Gasteiger partial charge in [0.25, 0.3) is 5.91 Å². The van der Waals surface area contributed by atoms with Crippen LogP contribution in [0.5, 0.6) is 0 Å². The van der Waals surface area contributed by atoms with Crippen LogP contribution in [0.25, 0.3) is 0 Å². The van der Waals surface area contributed by atoms with Crippen LogP contribution in [-0.4, -0.2) is 85.6 Å². The van der Waals surface area contributed by atoms with Gasteiger partial charge in [-0.05, 0) is 65.1 Å². The summed E-state index contributed by atoms with van der Waals surface area (Å²) in [7, 11) is 8.22. The van der Waals surface area contributed by atoms with Crippen molar-refractivity contribution >= 4 is 33.4 Å². The van der Waals surface area contributed by atoms with E-state index in [1.807, 2.05) is 26.5 Å². The topological polar surface area (TPSA) is 61.9 Å². The molecule has 1 aliphatic heterocycles. The molecular weight excluding hydrogens is 647 g/mol. The molecule has 0 bridgehead atoms. The number of ether oxygens (including phenoxy) is 1. The van der Waals surface area contributed by atoms with Gasteiger partial charge in [0.2, 0.25) is 5.91 Å². The molecule has 49 heavy (non-hydrogen) atoms. The van der Waals surface area contributed by atoms with E-state index in [9.17, 15) is 9.59 Å². The molecule has 8 heteroatoms. The number of amides is 2. The predicted molar refractivity (Wildman–Crippen MR) is 218 cm³/mol. The molecule has 1 N–H and O–H groups in total. The molecule has 0 radical (unpaired) electrons. The summed E-state index contributed by atoms with van der Waals surface area (Å²) in [6.45, 7) is 9.68. The largest absolute Gasteiger partial charge is 0.375 e. The summed E-state index contributed by atoms with van der Waals surface area (Å²) in [5.41, 5.74) is -0.847. The summed E-state index contributed by atoms with van der Waals surface area (Å²) in [4.78, 5) is 31.8. The van der Waals surface area contributed by atoms with Gasteiger partial charge in [0.15, 0.2) is 5.54 Å². The molecule has 6 nitrogen and oxygen atoms in total. The summed E-state index contributed by atoms with van der Waals surface area (Å²) >= 11 is 0. The number of unbranched alkanes of at least 4 members (excludes halogenated alkanes) is 17. The fourth-order valence-electron chi connectivity index (χ4n) is 6.81. The number of carbonyl (C=O) groups is 2. The molecule has 0 aromatic rings. The summed E-state index contributed by atoms with van der Waals surface area (Å²) < 4.78 is 5.69. The molecule has 0 spiro atoms. The average Bonchev–Trinajstić information content (AvgIpc) is 3.06. The number of nitrogens with one attached hydrogen (secondary N) is 1. The number of nitrogens with zero attached hydrogens (tertiary/aromatic N) is 2. The van der Waals surface area contributed by atoms with E-state index in [2.05, 4.69) is 45.1 Å². The number of hydrogen-bond donors (Lipinski definition) is 1. The first-order chi connectivity index (χ1) is 23.9. The van der Waals surface area contributed by atoms with Crippen molar-refractivity contribution in [3.05, 3.63) is 0 Å². The van der Waals surface area contributed by atoms with Crippen LogP contribution < -0.4 is 5.32 Å². The normalized spacial score (nSPS) is 14.6. The maximum absolute atomic E-state index is 13.9. The van der Waals surface area contributed by atoms with Gasteiger partial charge in [-0.15, -0.1) is 0 Å². The highest BCUT2D eigenvalue weighted by atomic mass is 33.1. The van der Waals surface area contributed by atoms with Crippen LogP contribution >= 0.6 is 21.6 Å². The third-order valence-electron chi connectivity index (χ3n) is 10.2. The Bertz CT molecular complexity index is 781. The first kappa shape index (κ1) is 46.6. The van der Waals surface area contributed by atoms with Gasteiger partial charge in [-0.1, -0.05) is 158 Å². The van der Waals surface area contributed by atoms with Crippen LogP contribution in [0.15, 0.2) is 0 Å². The van der Waals surface area contributed by atoms with Gasteiger partial charge in [0.05, 0.1) is 13.2 Å². The molecule has 290 valence electrons. The number of rotatable bonds is 36. The molecule has 0 aliphatic carbocycles. The minimum Gasteiger partial charge on any atom is -0.375 e. The van der Waals surface area contributed by atoms with E-state index < -0.39 is 5.54 Å². The van der Waals surface area contributed by atoms with Gasteiger partial charge in [-0.2, -0.15) is 0 Å². The van der Waals surface area contributed by atoms with E-state index >= 15 is 0 Å². The minimum atomic E-state index is -0.847. The van der Waals surface area contributed by atoms with Crippen LogP contribution in [0.3, 0.4) is 0 Å². The minimum absolute atomic E-state index is 0.00493. The second-order valence-electron chi connectivity index (χ2n) is 15.1. The lowest BCUT2D eigenvalue weighted by Crippen LogP contribution is -2.71. The first-order valence-corrected chi connectivity index (χ1v) is 23.5. The quantitative estimate of drug-likeness (QED) is 0.0512. The molecule has 1 unspecified atom stereocenters. The number of hydrogen-bond acceptors (Lipinski definition) is 6. The van der Waals surface area contributed by atoms with Gasteiger partial charge >= 0.3 is 0 Å². The van der Waals surface area contributed by atoms with Crippen molar-refractivity contribution in [1.82, 2.24) is 15.1 Å². The molecule has 1 atom stereocenters. The van der Waals surface area contributed by atoms with Crippen LogP contribution in [0.1, 0.15) is 181 Å². The number of carbonyl (C=O) groups excluding carboxylic acids is 2. The Morgan fingerprint density at radius 1 is 0.633 bits per heavy atom. The molecule has 0 aromatic heterocycles. The molecule has 0 saturated carbocycles. The Balaban J connectivity index is 2.54. The summed E-state index contributed by atoms with van der Waals surface area (Å²) in [6, 6.07) is 0. The third kappa shape index (κ3) is 23.0. The predicted octanol–water partition coefficient (Wildman–Crippen LogP) is 11.1. The zero-order valence-electron chi connectivity index (χ0n) is 33.1. The Morgan fingerprint density at radius 2 is 1.10 bits per heavy atom. The van der Waals surface area contributed by atoms with Gasteiger partial charge < -0.3 is 19.9 Å². The van der Waals surface area contributed by atoms with E-state index in [1.165, 1.54) is 146 Å². The van der Waals surface area contributed by atoms with Crippen LogP contribution in [0.2, 0.25) is 0 Å². The summed E-state index contributed by atoms with van der Waals surface area (Å²) in [5.74, 6) is 3.16. The Morgan fingerprint density at radius 3 is 1.59 bits per heavy atom. The van der Waals surface area contributed by atoms with Crippen molar-refractivity contribution < 1.29 is 14.3 Å². The molecule has 1 rings (SSSR count). The van der Waals surface area contributed by atoms with Crippen molar-refractivity contribution in [2.75, 3.05) is 58.4 Å². The molecule has 1 aliphatic rings. The lowest BCUT2D eigenvalue weighted by molar-refractivity contribution is -0.180. The maximum Gasteiger partial charge on any atom is 0.250 e. The molecule has 0 aromatic carbocycles. The molecule has 1 fully saturated rings. The van der Waals surface area contributed by atoms with Crippen LogP contribution in [0, 0.1) is 5.92 Å². The lowest BCUT2D eigenvalue weighted by atomic mass is 9.90. The summed E-state index contributed by atoms with van der Waals surface area (Å²) in [5, 5.41) is 3.36. The molecular formula is C41H81N3O3S2.